The Bertz CT molecular complexity index is 453. The number of hydrogen-bond donors (Lipinski definition) is 1. The Hall–Kier alpha value is -0.930. The normalized spacial score (nSPS) is 27.2. The topological polar surface area (TPSA) is 56.0 Å². The van der Waals surface area contributed by atoms with Crippen LogP contribution in [0.4, 0.5) is 0 Å². The van der Waals surface area contributed by atoms with E-state index in [2.05, 4.69) is 11.9 Å². The van der Waals surface area contributed by atoms with Gasteiger partial charge in [0.1, 0.15) is 5.78 Å². The van der Waals surface area contributed by atoms with Crippen LogP contribution in [-0.4, -0.2) is 17.3 Å². The minimum atomic E-state index is -0.334. The van der Waals surface area contributed by atoms with E-state index in [4.69, 9.17) is 17.3 Å². The number of ketones is 1. The number of pyridine rings is 1. The van der Waals surface area contributed by atoms with Gasteiger partial charge in [-0.3, -0.25) is 9.78 Å². The predicted octanol–water partition coefficient (Wildman–Crippen LogP) is 3.00. The smallest absolute Gasteiger partial charge is 0.144 e. The molecule has 1 aromatic rings. The van der Waals surface area contributed by atoms with E-state index < -0.39 is 0 Å². The van der Waals surface area contributed by atoms with Gasteiger partial charge in [-0.1, -0.05) is 18.5 Å². The van der Waals surface area contributed by atoms with Gasteiger partial charge in [0.05, 0.1) is 5.02 Å². The van der Waals surface area contributed by atoms with E-state index in [9.17, 15) is 4.79 Å². The number of carbonyl (C=O) groups is 1. The summed E-state index contributed by atoms with van der Waals surface area (Å²) in [4.78, 5) is 16.6. The quantitative estimate of drug-likeness (QED) is 0.922. The molecule has 1 heterocycles. The molecule has 1 aromatic heterocycles. The molecule has 2 N–H and O–H groups in total. The second-order valence-electron chi connectivity index (χ2n) is 5.73. The van der Waals surface area contributed by atoms with Gasteiger partial charge in [0.15, 0.2) is 0 Å². The number of carbonyl (C=O) groups excluding carboxylic acids is 1. The lowest BCUT2D eigenvalue weighted by Crippen LogP contribution is -2.42. The number of nitrogens with zero attached hydrogens (tertiary/aromatic N) is 1. The van der Waals surface area contributed by atoms with Crippen LogP contribution in [0.15, 0.2) is 18.5 Å². The number of Topliss-reactive ketones (excluding diaryl/α,β-unsaturated/α-hetero) is 1. The van der Waals surface area contributed by atoms with Crippen molar-refractivity contribution in [3.8, 4) is 0 Å². The lowest BCUT2D eigenvalue weighted by atomic mass is 9.67. The molecule has 0 bridgehead atoms. The van der Waals surface area contributed by atoms with Gasteiger partial charge in [0.25, 0.3) is 0 Å². The first-order valence-electron chi connectivity index (χ1n) is 6.89. The van der Waals surface area contributed by atoms with E-state index in [0.717, 1.165) is 31.2 Å². The van der Waals surface area contributed by atoms with Crippen LogP contribution in [-0.2, 0) is 11.2 Å². The fraction of sp³-hybridized carbons (Fsp3) is 0.600. The number of halogens is 1. The molecular formula is C15H21ClN2O. The van der Waals surface area contributed by atoms with Gasteiger partial charge in [-0.25, -0.2) is 0 Å². The predicted molar refractivity (Wildman–Crippen MR) is 77.1 cm³/mol. The van der Waals surface area contributed by atoms with E-state index in [1.54, 1.807) is 12.4 Å². The summed E-state index contributed by atoms with van der Waals surface area (Å²) < 4.78 is 0. The Labute approximate surface area is 119 Å². The van der Waals surface area contributed by atoms with Crippen LogP contribution in [0, 0.1) is 11.3 Å². The summed E-state index contributed by atoms with van der Waals surface area (Å²) in [7, 11) is 0. The van der Waals surface area contributed by atoms with E-state index in [0.29, 0.717) is 23.9 Å². The Kier molecular flexibility index (Phi) is 4.58. The molecule has 0 unspecified atom stereocenters. The average molecular weight is 281 g/mol. The molecule has 19 heavy (non-hydrogen) atoms. The van der Waals surface area contributed by atoms with Crippen LogP contribution in [0.25, 0.3) is 0 Å². The fourth-order valence-corrected chi connectivity index (χ4v) is 3.01. The molecule has 104 valence electrons. The Morgan fingerprint density at radius 2 is 2.21 bits per heavy atom. The van der Waals surface area contributed by atoms with Crippen LogP contribution in [0.2, 0.25) is 5.02 Å². The molecule has 3 nitrogen and oxygen atoms in total. The van der Waals surface area contributed by atoms with Gasteiger partial charge in [0.2, 0.25) is 0 Å². The fourth-order valence-electron chi connectivity index (χ4n) is 2.82. The van der Waals surface area contributed by atoms with Gasteiger partial charge in [-0.15, -0.1) is 0 Å². The van der Waals surface area contributed by atoms with Crippen LogP contribution in [0.3, 0.4) is 0 Å². The molecule has 4 heteroatoms. The van der Waals surface area contributed by atoms with Gasteiger partial charge in [-0.2, -0.15) is 0 Å². The van der Waals surface area contributed by atoms with E-state index in [1.807, 2.05) is 6.07 Å². The molecule has 0 atom stereocenters. The van der Waals surface area contributed by atoms with Crippen molar-refractivity contribution in [1.29, 1.82) is 0 Å². The second-order valence-corrected chi connectivity index (χ2v) is 6.14. The summed E-state index contributed by atoms with van der Waals surface area (Å²) in [5.41, 5.74) is 6.43. The molecule has 1 saturated carbocycles. The number of aromatic nitrogens is 1. The number of hydrogen-bond acceptors (Lipinski definition) is 3. The highest BCUT2D eigenvalue weighted by Gasteiger charge is 2.39. The molecule has 0 radical (unpaired) electrons. The second kappa shape index (κ2) is 6.02. The lowest BCUT2D eigenvalue weighted by Gasteiger charge is -2.37. The highest BCUT2D eigenvalue weighted by Crippen LogP contribution is 2.39. The molecule has 0 aliphatic heterocycles. The molecule has 2 rings (SSSR count). The third kappa shape index (κ3) is 3.15. The molecular weight excluding hydrogens is 260 g/mol. The zero-order chi connectivity index (χ0) is 13.9. The van der Waals surface area contributed by atoms with E-state index >= 15 is 0 Å². The maximum Gasteiger partial charge on any atom is 0.144 e. The molecule has 1 fully saturated rings. The highest BCUT2D eigenvalue weighted by molar-refractivity contribution is 6.31. The Morgan fingerprint density at radius 3 is 2.79 bits per heavy atom. The molecule has 1 aliphatic rings. The third-order valence-electron chi connectivity index (χ3n) is 4.42. The standard InChI is InChI=1S/C15H21ClN2O/c1-11-2-5-15(10-17,6-3-11)14(19)8-12-4-7-18-9-13(12)16/h4,7,9,11H,2-3,5-6,8,10,17H2,1H3. The van der Waals surface area contributed by atoms with Crippen molar-refractivity contribution in [3.05, 3.63) is 29.0 Å². The van der Waals surface area contributed by atoms with Gasteiger partial charge in [0, 0.05) is 30.8 Å². The third-order valence-corrected chi connectivity index (χ3v) is 4.76. The first kappa shape index (κ1) is 14.5. The first-order chi connectivity index (χ1) is 9.07. The summed E-state index contributed by atoms with van der Waals surface area (Å²) in [5, 5.41) is 0.562. The van der Waals surface area contributed by atoms with Gasteiger partial charge >= 0.3 is 0 Å². The number of rotatable bonds is 4. The summed E-state index contributed by atoms with van der Waals surface area (Å²) >= 11 is 6.07. The molecule has 0 aromatic carbocycles. The van der Waals surface area contributed by atoms with Crippen LogP contribution in [0.1, 0.15) is 38.2 Å². The summed E-state index contributed by atoms with van der Waals surface area (Å²) in [6.45, 7) is 2.69. The lowest BCUT2D eigenvalue weighted by molar-refractivity contribution is -0.129. The van der Waals surface area contributed by atoms with E-state index in [-0.39, 0.29) is 11.2 Å². The summed E-state index contributed by atoms with van der Waals surface area (Å²) in [6.07, 6.45) is 7.63. The summed E-state index contributed by atoms with van der Waals surface area (Å²) in [6, 6.07) is 1.82. The molecule has 0 saturated heterocycles. The molecule has 0 amide bonds. The maximum atomic E-state index is 12.6. The van der Waals surface area contributed by atoms with Crippen molar-refractivity contribution in [3.63, 3.8) is 0 Å². The highest BCUT2D eigenvalue weighted by atomic mass is 35.5. The van der Waals surface area contributed by atoms with Crippen molar-refractivity contribution in [2.24, 2.45) is 17.1 Å². The van der Waals surface area contributed by atoms with Crippen LogP contribution < -0.4 is 5.73 Å². The Morgan fingerprint density at radius 1 is 1.53 bits per heavy atom. The van der Waals surface area contributed by atoms with Crippen LogP contribution in [0.5, 0.6) is 0 Å². The zero-order valence-corrected chi connectivity index (χ0v) is 12.1. The van der Waals surface area contributed by atoms with Crippen molar-refractivity contribution in [1.82, 2.24) is 4.98 Å². The van der Waals surface area contributed by atoms with Crippen molar-refractivity contribution < 1.29 is 4.79 Å². The van der Waals surface area contributed by atoms with Crippen LogP contribution >= 0.6 is 11.6 Å². The molecule has 1 aliphatic carbocycles. The zero-order valence-electron chi connectivity index (χ0n) is 11.4. The van der Waals surface area contributed by atoms with Gasteiger partial charge < -0.3 is 5.73 Å². The average Bonchev–Trinajstić information content (AvgIpc) is 2.42. The minimum Gasteiger partial charge on any atom is -0.329 e. The maximum absolute atomic E-state index is 12.6. The van der Waals surface area contributed by atoms with Crippen molar-refractivity contribution in [2.45, 2.75) is 39.0 Å². The summed E-state index contributed by atoms with van der Waals surface area (Å²) in [5.74, 6) is 0.937. The number of nitrogens with two attached hydrogens (primary N) is 1. The van der Waals surface area contributed by atoms with Crippen molar-refractivity contribution in [2.75, 3.05) is 6.54 Å². The van der Waals surface area contributed by atoms with E-state index in [1.165, 1.54) is 0 Å². The molecule has 0 spiro atoms. The van der Waals surface area contributed by atoms with Crippen molar-refractivity contribution >= 4 is 17.4 Å². The SMILES string of the molecule is CC1CCC(CN)(C(=O)Cc2ccncc2Cl)CC1. The Balaban J connectivity index is 2.12. The van der Waals surface area contributed by atoms with Gasteiger partial charge in [-0.05, 0) is 43.2 Å². The minimum absolute atomic E-state index is 0.231. The first-order valence-corrected chi connectivity index (χ1v) is 7.27. The largest absolute Gasteiger partial charge is 0.329 e. The monoisotopic (exact) mass is 280 g/mol.